The Morgan fingerprint density at radius 2 is 2.19 bits per heavy atom. The number of hydrogen-bond donors (Lipinski definition) is 0. The number of pyridine rings is 1. The van der Waals surface area contributed by atoms with E-state index >= 15 is 0 Å². The first-order valence-corrected chi connectivity index (χ1v) is 10.2. The monoisotopic (exact) mass is 370 g/mol. The van der Waals surface area contributed by atoms with Crippen molar-refractivity contribution >= 4 is 0 Å². The largest absolute Gasteiger partial charge is 0.492 e. The molecule has 6 nitrogen and oxygen atoms in total. The Kier molecular flexibility index (Phi) is 5.74. The van der Waals surface area contributed by atoms with Crippen molar-refractivity contribution < 1.29 is 9.47 Å². The van der Waals surface area contributed by atoms with Gasteiger partial charge in [0.1, 0.15) is 5.75 Å². The molecule has 0 aliphatic carbocycles. The molecule has 2 fully saturated rings. The van der Waals surface area contributed by atoms with Gasteiger partial charge in [-0.1, -0.05) is 0 Å². The smallest absolute Gasteiger partial charge is 0.137 e. The van der Waals surface area contributed by atoms with Gasteiger partial charge in [0, 0.05) is 50.7 Å². The van der Waals surface area contributed by atoms with E-state index in [1.165, 1.54) is 5.56 Å². The van der Waals surface area contributed by atoms with Crippen molar-refractivity contribution in [2.75, 3.05) is 26.3 Å². The highest BCUT2D eigenvalue weighted by molar-refractivity contribution is 5.15. The second-order valence-corrected chi connectivity index (χ2v) is 7.71. The van der Waals surface area contributed by atoms with Crippen LogP contribution in [0.2, 0.25) is 0 Å². The van der Waals surface area contributed by atoms with Crippen LogP contribution < -0.4 is 4.74 Å². The lowest BCUT2D eigenvalue weighted by molar-refractivity contribution is -0.0708. The Hall–Kier alpha value is -1.92. The standard InChI is InChI=1S/C21H30N4O2/c1-2-25-17-18(14-23-25)16-24-10-7-21(8-11-24)19(6-13-27-21)5-12-26-20-4-3-9-22-15-20/h3-4,9,14-15,17,19H,2,5-8,10-13,16H2,1H3/t19-/m0/s1. The molecular weight excluding hydrogens is 340 g/mol. The Bertz CT molecular complexity index is 710. The summed E-state index contributed by atoms with van der Waals surface area (Å²) in [5, 5.41) is 4.39. The third kappa shape index (κ3) is 4.33. The van der Waals surface area contributed by atoms with Gasteiger partial charge in [-0.05, 0) is 50.7 Å². The van der Waals surface area contributed by atoms with Crippen molar-refractivity contribution in [3.63, 3.8) is 0 Å². The van der Waals surface area contributed by atoms with Crippen LogP contribution in [0.4, 0.5) is 0 Å². The van der Waals surface area contributed by atoms with Crippen molar-refractivity contribution in [2.24, 2.45) is 5.92 Å². The summed E-state index contributed by atoms with van der Waals surface area (Å²) in [6.07, 6.45) is 12.2. The minimum Gasteiger partial charge on any atom is -0.492 e. The molecule has 0 N–H and O–H groups in total. The average Bonchev–Trinajstić information content (AvgIpc) is 3.32. The summed E-state index contributed by atoms with van der Waals surface area (Å²) >= 11 is 0. The molecule has 0 unspecified atom stereocenters. The average molecular weight is 370 g/mol. The minimum absolute atomic E-state index is 0.0579. The first-order valence-electron chi connectivity index (χ1n) is 10.2. The highest BCUT2D eigenvalue weighted by Gasteiger charge is 2.45. The van der Waals surface area contributed by atoms with E-state index in [0.29, 0.717) is 5.92 Å². The SMILES string of the molecule is CCn1cc(CN2CCC3(CC2)OCC[C@@H]3CCOc2cccnc2)cn1. The van der Waals surface area contributed by atoms with Gasteiger partial charge in [0.2, 0.25) is 0 Å². The topological polar surface area (TPSA) is 52.4 Å². The van der Waals surface area contributed by atoms with Crippen molar-refractivity contribution in [1.82, 2.24) is 19.7 Å². The summed E-state index contributed by atoms with van der Waals surface area (Å²) in [6, 6.07) is 3.88. The van der Waals surface area contributed by atoms with E-state index in [1.54, 1.807) is 12.4 Å². The lowest BCUT2D eigenvalue weighted by Crippen LogP contribution is -2.47. The molecule has 4 heterocycles. The molecule has 1 spiro atoms. The molecule has 0 bridgehead atoms. The third-order valence-electron chi connectivity index (χ3n) is 6.09. The maximum absolute atomic E-state index is 6.31. The Balaban J connectivity index is 1.27. The molecule has 2 aromatic rings. The van der Waals surface area contributed by atoms with Crippen molar-refractivity contribution in [2.45, 2.75) is 51.3 Å². The lowest BCUT2D eigenvalue weighted by Gasteiger charge is -2.42. The van der Waals surface area contributed by atoms with Crippen LogP contribution in [-0.2, 0) is 17.8 Å². The molecule has 2 aliphatic heterocycles. The van der Waals surface area contributed by atoms with Gasteiger partial charge in [-0.2, -0.15) is 5.10 Å². The second-order valence-electron chi connectivity index (χ2n) is 7.71. The summed E-state index contributed by atoms with van der Waals surface area (Å²) in [6.45, 7) is 7.86. The Morgan fingerprint density at radius 1 is 1.30 bits per heavy atom. The van der Waals surface area contributed by atoms with Crippen LogP contribution in [-0.4, -0.2) is 51.6 Å². The van der Waals surface area contributed by atoms with Gasteiger partial charge < -0.3 is 9.47 Å². The molecule has 6 heteroatoms. The second kappa shape index (κ2) is 8.40. The predicted molar refractivity (Wildman–Crippen MR) is 104 cm³/mol. The number of rotatable bonds is 7. The maximum Gasteiger partial charge on any atom is 0.137 e. The van der Waals surface area contributed by atoms with E-state index in [9.17, 15) is 0 Å². The normalized spacial score (nSPS) is 22.3. The van der Waals surface area contributed by atoms with Gasteiger partial charge in [0.15, 0.2) is 0 Å². The van der Waals surface area contributed by atoms with Crippen LogP contribution in [0, 0.1) is 5.92 Å². The van der Waals surface area contributed by atoms with Crippen molar-refractivity contribution in [3.05, 3.63) is 42.5 Å². The molecule has 0 aromatic carbocycles. The number of hydrogen-bond acceptors (Lipinski definition) is 5. The molecule has 146 valence electrons. The van der Waals surface area contributed by atoms with Crippen LogP contribution >= 0.6 is 0 Å². The molecule has 2 aliphatic rings. The van der Waals surface area contributed by atoms with Crippen LogP contribution in [0.5, 0.6) is 5.75 Å². The number of nitrogens with zero attached hydrogens (tertiary/aromatic N) is 4. The number of piperidine rings is 1. The molecule has 27 heavy (non-hydrogen) atoms. The number of aromatic nitrogens is 3. The Morgan fingerprint density at radius 3 is 2.93 bits per heavy atom. The molecule has 0 radical (unpaired) electrons. The van der Waals surface area contributed by atoms with Gasteiger partial charge in [0.25, 0.3) is 0 Å². The third-order valence-corrected chi connectivity index (χ3v) is 6.09. The Labute approximate surface area is 161 Å². The highest BCUT2D eigenvalue weighted by atomic mass is 16.5. The highest BCUT2D eigenvalue weighted by Crippen LogP contribution is 2.42. The zero-order chi connectivity index (χ0) is 18.5. The van der Waals surface area contributed by atoms with E-state index < -0.39 is 0 Å². The van der Waals surface area contributed by atoms with Crippen LogP contribution in [0.25, 0.3) is 0 Å². The van der Waals surface area contributed by atoms with Gasteiger partial charge >= 0.3 is 0 Å². The van der Waals surface area contributed by atoms with Gasteiger partial charge in [-0.15, -0.1) is 0 Å². The molecule has 2 saturated heterocycles. The number of likely N-dealkylation sites (tertiary alicyclic amines) is 1. The van der Waals surface area contributed by atoms with E-state index in [4.69, 9.17) is 9.47 Å². The van der Waals surface area contributed by atoms with Gasteiger partial charge in [0.05, 0.1) is 24.6 Å². The number of aryl methyl sites for hydroxylation is 1. The molecule has 0 amide bonds. The zero-order valence-electron chi connectivity index (χ0n) is 16.2. The quantitative estimate of drug-likeness (QED) is 0.749. The van der Waals surface area contributed by atoms with Crippen molar-refractivity contribution in [1.29, 1.82) is 0 Å². The summed E-state index contributed by atoms with van der Waals surface area (Å²) < 4.78 is 14.2. The van der Waals surface area contributed by atoms with Crippen molar-refractivity contribution in [3.8, 4) is 5.75 Å². The summed E-state index contributed by atoms with van der Waals surface area (Å²) in [5.74, 6) is 1.45. The van der Waals surface area contributed by atoms with Crippen LogP contribution in [0.1, 0.15) is 38.2 Å². The lowest BCUT2D eigenvalue weighted by atomic mass is 9.78. The molecule has 4 rings (SSSR count). The van der Waals surface area contributed by atoms with E-state index in [0.717, 1.165) is 70.8 Å². The first-order chi connectivity index (χ1) is 13.3. The van der Waals surface area contributed by atoms with E-state index in [-0.39, 0.29) is 5.60 Å². The zero-order valence-corrected chi connectivity index (χ0v) is 16.2. The first kappa shape index (κ1) is 18.4. The summed E-state index contributed by atoms with van der Waals surface area (Å²) in [7, 11) is 0. The maximum atomic E-state index is 6.31. The van der Waals surface area contributed by atoms with Gasteiger partial charge in [-0.25, -0.2) is 0 Å². The molecule has 0 saturated carbocycles. The number of ether oxygens (including phenoxy) is 2. The predicted octanol–water partition coefficient (Wildman–Crippen LogP) is 3.14. The summed E-state index contributed by atoms with van der Waals surface area (Å²) in [5.41, 5.74) is 1.36. The fourth-order valence-corrected chi connectivity index (χ4v) is 4.51. The fourth-order valence-electron chi connectivity index (χ4n) is 4.51. The van der Waals surface area contributed by atoms with Gasteiger partial charge in [-0.3, -0.25) is 14.6 Å². The molecular formula is C21H30N4O2. The summed E-state index contributed by atoms with van der Waals surface area (Å²) in [4.78, 5) is 6.64. The van der Waals surface area contributed by atoms with Crippen LogP contribution in [0.15, 0.2) is 36.9 Å². The molecule has 1 atom stereocenters. The molecule has 2 aromatic heterocycles. The van der Waals surface area contributed by atoms with E-state index in [1.807, 2.05) is 23.0 Å². The minimum atomic E-state index is 0.0579. The van der Waals surface area contributed by atoms with Crippen LogP contribution in [0.3, 0.4) is 0 Å². The fraction of sp³-hybridized carbons (Fsp3) is 0.619. The van der Waals surface area contributed by atoms with E-state index in [2.05, 4.69) is 28.1 Å².